The van der Waals surface area contributed by atoms with Gasteiger partial charge in [0.2, 0.25) is 0 Å². The van der Waals surface area contributed by atoms with Crippen LogP contribution in [0.4, 0.5) is 5.69 Å². The molecular weight excluding hydrogens is 294 g/mol. The second-order valence-electron chi connectivity index (χ2n) is 6.28. The van der Waals surface area contributed by atoms with E-state index in [0.717, 1.165) is 30.5 Å². The van der Waals surface area contributed by atoms with Crippen molar-refractivity contribution in [2.45, 2.75) is 43.0 Å². The summed E-state index contributed by atoms with van der Waals surface area (Å²) in [5.41, 5.74) is 3.14. The second-order valence-corrected chi connectivity index (χ2v) is 8.09. The summed E-state index contributed by atoms with van der Waals surface area (Å²) in [5.74, 6) is 0.358. The summed E-state index contributed by atoms with van der Waals surface area (Å²) in [4.78, 5) is 0.389. The lowest BCUT2D eigenvalue weighted by Crippen LogP contribution is -2.37. The Morgan fingerprint density at radius 2 is 1.73 bits per heavy atom. The first-order valence-corrected chi connectivity index (χ1v) is 9.23. The van der Waals surface area contributed by atoms with Crippen molar-refractivity contribution >= 4 is 15.7 Å². The Balaban J connectivity index is 1.86. The molecule has 1 saturated carbocycles. The van der Waals surface area contributed by atoms with E-state index in [0.29, 0.717) is 10.8 Å². The first-order valence-electron chi connectivity index (χ1n) is 7.79. The number of aryl methyl sites for hydroxylation is 1. The normalized spacial score (nSPS) is 23.4. The molecule has 0 saturated heterocycles. The van der Waals surface area contributed by atoms with Crippen molar-refractivity contribution in [3.63, 3.8) is 0 Å². The van der Waals surface area contributed by atoms with Crippen LogP contribution in [0.25, 0.3) is 0 Å². The van der Waals surface area contributed by atoms with Gasteiger partial charge in [-0.1, -0.05) is 42.3 Å². The van der Waals surface area contributed by atoms with E-state index < -0.39 is 10.0 Å². The fraction of sp³-hybridized carbons (Fsp3) is 0.333. The minimum absolute atomic E-state index is 0.0868. The molecule has 2 aromatic rings. The third-order valence-corrected chi connectivity index (χ3v) is 6.79. The molecule has 0 aromatic heterocycles. The Kier molecular flexibility index (Phi) is 3.05. The molecule has 4 rings (SSSR count). The van der Waals surface area contributed by atoms with Crippen LogP contribution in [0.1, 0.15) is 36.3 Å². The van der Waals surface area contributed by atoms with Crippen LogP contribution in [0.3, 0.4) is 0 Å². The molecule has 2 aliphatic rings. The summed E-state index contributed by atoms with van der Waals surface area (Å²) < 4.78 is 28.0. The van der Waals surface area contributed by atoms with Gasteiger partial charge in [-0.15, -0.1) is 0 Å². The molecule has 0 bridgehead atoms. The van der Waals surface area contributed by atoms with Crippen molar-refractivity contribution in [1.82, 2.24) is 0 Å². The van der Waals surface area contributed by atoms with Crippen LogP contribution in [-0.4, -0.2) is 14.5 Å². The van der Waals surface area contributed by atoms with Crippen molar-refractivity contribution in [2.75, 3.05) is 4.31 Å². The molecule has 0 amide bonds. The molecule has 0 unspecified atom stereocenters. The van der Waals surface area contributed by atoms with Crippen LogP contribution < -0.4 is 4.31 Å². The van der Waals surface area contributed by atoms with Crippen LogP contribution in [0.5, 0.6) is 0 Å². The molecular formula is C18H19NO2S. The van der Waals surface area contributed by atoms with E-state index in [4.69, 9.17) is 0 Å². The zero-order valence-corrected chi connectivity index (χ0v) is 13.4. The number of fused-ring (bicyclic) bond motifs is 3. The molecule has 114 valence electrons. The molecule has 1 fully saturated rings. The fourth-order valence-corrected chi connectivity index (χ4v) is 5.64. The van der Waals surface area contributed by atoms with Crippen molar-refractivity contribution in [1.29, 1.82) is 0 Å². The highest BCUT2D eigenvalue weighted by molar-refractivity contribution is 7.92. The highest BCUT2D eigenvalue weighted by Crippen LogP contribution is 2.51. The molecule has 0 N–H and O–H groups in total. The highest BCUT2D eigenvalue weighted by Gasteiger charge is 2.46. The molecule has 0 radical (unpaired) electrons. The van der Waals surface area contributed by atoms with Crippen molar-refractivity contribution in [3.8, 4) is 0 Å². The molecule has 1 aliphatic heterocycles. The average Bonchev–Trinajstić information content (AvgIpc) is 3.07. The van der Waals surface area contributed by atoms with Crippen LogP contribution in [-0.2, 0) is 10.0 Å². The Bertz CT molecular complexity index is 811. The zero-order valence-electron chi connectivity index (χ0n) is 12.6. The minimum Gasteiger partial charge on any atom is -0.262 e. The predicted molar refractivity (Wildman–Crippen MR) is 87.7 cm³/mol. The topological polar surface area (TPSA) is 37.4 Å². The van der Waals surface area contributed by atoms with Gasteiger partial charge in [-0.25, -0.2) is 8.42 Å². The van der Waals surface area contributed by atoms with Gasteiger partial charge in [0.25, 0.3) is 10.0 Å². The molecule has 1 heterocycles. The van der Waals surface area contributed by atoms with E-state index in [1.807, 2.05) is 37.3 Å². The second kappa shape index (κ2) is 4.85. The highest BCUT2D eigenvalue weighted by atomic mass is 32.2. The molecule has 22 heavy (non-hydrogen) atoms. The van der Waals surface area contributed by atoms with Gasteiger partial charge in [0.15, 0.2) is 0 Å². The fourth-order valence-electron chi connectivity index (χ4n) is 3.90. The predicted octanol–water partition coefficient (Wildman–Crippen LogP) is 3.84. The van der Waals surface area contributed by atoms with E-state index in [2.05, 4.69) is 6.07 Å². The minimum atomic E-state index is -3.49. The van der Waals surface area contributed by atoms with Crippen LogP contribution in [0.15, 0.2) is 53.4 Å². The standard InChI is InChI=1S/C18H19NO2S/c1-13-9-11-14(12-10-13)22(20,21)19-17-7-3-2-5-15(17)16-6-4-8-18(16)19/h2-3,5,7,9-12,16,18H,4,6,8H2,1H3/t16-,18-/m0/s1. The quantitative estimate of drug-likeness (QED) is 0.845. The summed E-state index contributed by atoms with van der Waals surface area (Å²) in [6, 6.07) is 15.2. The SMILES string of the molecule is Cc1ccc(S(=O)(=O)N2c3ccccc3[C@@H]3CCC[C@@H]32)cc1. The van der Waals surface area contributed by atoms with Crippen LogP contribution >= 0.6 is 0 Å². The third-order valence-electron chi connectivity index (χ3n) is 4.93. The number of rotatable bonds is 2. The summed E-state index contributed by atoms with van der Waals surface area (Å²) in [5, 5.41) is 0. The molecule has 2 atom stereocenters. The number of nitrogens with zero attached hydrogens (tertiary/aromatic N) is 1. The summed E-state index contributed by atoms with van der Waals surface area (Å²) in [6.07, 6.45) is 3.13. The van der Waals surface area contributed by atoms with E-state index >= 15 is 0 Å². The van der Waals surface area contributed by atoms with E-state index in [9.17, 15) is 8.42 Å². The molecule has 3 nitrogen and oxygen atoms in total. The van der Waals surface area contributed by atoms with Gasteiger partial charge in [-0.05, 0) is 43.5 Å². The van der Waals surface area contributed by atoms with Gasteiger partial charge in [-0.3, -0.25) is 4.31 Å². The van der Waals surface area contributed by atoms with Gasteiger partial charge in [0.1, 0.15) is 0 Å². The zero-order chi connectivity index (χ0) is 15.3. The number of para-hydroxylation sites is 1. The van der Waals surface area contributed by atoms with Gasteiger partial charge >= 0.3 is 0 Å². The Labute approximate surface area is 131 Å². The first kappa shape index (κ1) is 13.8. The smallest absolute Gasteiger partial charge is 0.262 e. The van der Waals surface area contributed by atoms with E-state index in [-0.39, 0.29) is 6.04 Å². The molecule has 4 heteroatoms. The van der Waals surface area contributed by atoms with Gasteiger partial charge < -0.3 is 0 Å². The number of benzene rings is 2. The summed E-state index contributed by atoms with van der Waals surface area (Å²) in [7, 11) is -3.49. The molecule has 1 aliphatic carbocycles. The average molecular weight is 313 g/mol. The Morgan fingerprint density at radius 1 is 1.00 bits per heavy atom. The maximum atomic E-state index is 13.2. The van der Waals surface area contributed by atoms with Gasteiger partial charge in [-0.2, -0.15) is 0 Å². The maximum Gasteiger partial charge on any atom is 0.264 e. The van der Waals surface area contributed by atoms with Crippen molar-refractivity contribution < 1.29 is 8.42 Å². The lowest BCUT2D eigenvalue weighted by Gasteiger charge is -2.26. The lowest BCUT2D eigenvalue weighted by atomic mass is 9.98. The largest absolute Gasteiger partial charge is 0.264 e. The lowest BCUT2D eigenvalue weighted by molar-refractivity contribution is 0.572. The number of sulfonamides is 1. The number of anilines is 1. The van der Waals surface area contributed by atoms with Crippen molar-refractivity contribution in [3.05, 3.63) is 59.7 Å². The number of hydrogen-bond donors (Lipinski definition) is 0. The Morgan fingerprint density at radius 3 is 2.50 bits per heavy atom. The van der Waals surface area contributed by atoms with E-state index in [1.54, 1.807) is 16.4 Å². The third kappa shape index (κ3) is 1.90. The molecule has 0 spiro atoms. The Hall–Kier alpha value is -1.81. The number of hydrogen-bond acceptors (Lipinski definition) is 2. The molecule has 2 aromatic carbocycles. The first-order chi connectivity index (χ1) is 10.6. The summed E-state index contributed by atoms with van der Waals surface area (Å²) >= 11 is 0. The monoisotopic (exact) mass is 313 g/mol. The maximum absolute atomic E-state index is 13.2. The van der Waals surface area contributed by atoms with Crippen LogP contribution in [0.2, 0.25) is 0 Å². The summed E-state index contributed by atoms with van der Waals surface area (Å²) in [6.45, 7) is 1.97. The van der Waals surface area contributed by atoms with Crippen LogP contribution in [0, 0.1) is 6.92 Å². The van der Waals surface area contributed by atoms with E-state index in [1.165, 1.54) is 5.56 Å². The van der Waals surface area contributed by atoms with Crippen molar-refractivity contribution in [2.24, 2.45) is 0 Å². The van der Waals surface area contributed by atoms with Gasteiger partial charge in [0.05, 0.1) is 16.6 Å². The van der Waals surface area contributed by atoms with Gasteiger partial charge in [0, 0.05) is 5.92 Å².